The van der Waals surface area contributed by atoms with Gasteiger partial charge >= 0.3 is 12.1 Å². The molecule has 0 aliphatic heterocycles. The number of halogens is 4. The topological polar surface area (TPSA) is 94.7 Å². The number of carboxylic acid groups (broad SMARTS) is 1. The van der Waals surface area contributed by atoms with Crippen LogP contribution in [0.5, 0.6) is 11.5 Å². The molecule has 234 valence electrons. The number of pyridine rings is 1. The average Bonchev–Trinajstić information content (AvgIpc) is 3.69. The Bertz CT molecular complexity index is 1530. The standard InChI is InChI=1S/C33H34ClF3N2O5/c1-19(34)10-11-42-27-12-23(17-38-29(27)31(40)41)43-18-21-15-32(16-21)13-20(14-32)6-9-25-28(39-44-30(25)22-7-8-22)24-4-2-3-5-26(24)33(35,36)37/h2-6,9,12,17,19-22H,7-8,10-11,13-16,18H2,1H3,(H,40,41)/b9-6+. The molecule has 1 spiro atoms. The van der Waals surface area contributed by atoms with Crippen LogP contribution < -0.4 is 9.47 Å². The van der Waals surface area contributed by atoms with E-state index in [1.807, 2.05) is 13.0 Å². The molecule has 0 bridgehead atoms. The largest absolute Gasteiger partial charge is 0.492 e. The first-order valence-electron chi connectivity index (χ1n) is 15.0. The number of benzene rings is 1. The molecule has 3 saturated carbocycles. The smallest absolute Gasteiger partial charge is 0.417 e. The molecule has 1 aromatic carbocycles. The minimum Gasteiger partial charge on any atom is -0.492 e. The van der Waals surface area contributed by atoms with E-state index in [2.05, 4.69) is 16.2 Å². The van der Waals surface area contributed by atoms with Crippen molar-refractivity contribution in [1.29, 1.82) is 0 Å². The van der Waals surface area contributed by atoms with Gasteiger partial charge in [-0.3, -0.25) is 0 Å². The molecular formula is C33H34ClF3N2O5. The third kappa shape index (κ3) is 6.60. The lowest BCUT2D eigenvalue weighted by atomic mass is 9.48. The summed E-state index contributed by atoms with van der Waals surface area (Å²) in [5.74, 6) is 1.06. The van der Waals surface area contributed by atoms with Crippen molar-refractivity contribution < 1.29 is 37.1 Å². The number of nitrogens with zero attached hydrogens (tertiary/aromatic N) is 2. The van der Waals surface area contributed by atoms with Crippen LogP contribution in [0.3, 0.4) is 0 Å². The van der Waals surface area contributed by atoms with Crippen molar-refractivity contribution in [2.24, 2.45) is 17.3 Å². The van der Waals surface area contributed by atoms with Gasteiger partial charge in [0.05, 0.1) is 25.0 Å². The van der Waals surface area contributed by atoms with E-state index >= 15 is 0 Å². The van der Waals surface area contributed by atoms with E-state index in [9.17, 15) is 23.1 Å². The number of allylic oxidation sites excluding steroid dienone is 1. The molecular weight excluding hydrogens is 597 g/mol. The van der Waals surface area contributed by atoms with Gasteiger partial charge in [-0.2, -0.15) is 13.2 Å². The van der Waals surface area contributed by atoms with Gasteiger partial charge in [0.1, 0.15) is 17.2 Å². The second kappa shape index (κ2) is 12.1. The van der Waals surface area contributed by atoms with Crippen molar-refractivity contribution in [2.45, 2.75) is 69.3 Å². The summed E-state index contributed by atoms with van der Waals surface area (Å²) in [6.45, 7) is 2.62. The van der Waals surface area contributed by atoms with Gasteiger partial charge in [0, 0.05) is 28.5 Å². The van der Waals surface area contributed by atoms with E-state index in [-0.39, 0.29) is 46.0 Å². The van der Waals surface area contributed by atoms with E-state index in [0.717, 1.165) is 44.6 Å². The van der Waals surface area contributed by atoms with Crippen LogP contribution in [0.4, 0.5) is 13.2 Å². The minimum atomic E-state index is -4.49. The van der Waals surface area contributed by atoms with Crippen molar-refractivity contribution in [2.75, 3.05) is 13.2 Å². The van der Waals surface area contributed by atoms with Crippen LogP contribution in [-0.4, -0.2) is 39.8 Å². The van der Waals surface area contributed by atoms with Gasteiger partial charge in [-0.15, -0.1) is 11.6 Å². The van der Waals surface area contributed by atoms with Gasteiger partial charge < -0.3 is 19.1 Å². The number of aromatic carboxylic acids is 1. The van der Waals surface area contributed by atoms with Crippen LogP contribution in [-0.2, 0) is 6.18 Å². The van der Waals surface area contributed by atoms with Crippen molar-refractivity contribution >= 4 is 23.6 Å². The lowest BCUT2D eigenvalue weighted by Crippen LogP contribution is -2.48. The Balaban J connectivity index is 1.04. The zero-order chi connectivity index (χ0) is 31.1. The quantitative estimate of drug-likeness (QED) is 0.200. The normalized spacial score (nSPS) is 23.8. The molecule has 1 unspecified atom stereocenters. The van der Waals surface area contributed by atoms with E-state index in [1.165, 1.54) is 18.3 Å². The molecule has 2 heterocycles. The maximum absolute atomic E-state index is 13.7. The second-order valence-electron chi connectivity index (χ2n) is 12.5. The zero-order valence-corrected chi connectivity index (χ0v) is 25.0. The first kappa shape index (κ1) is 30.5. The summed E-state index contributed by atoms with van der Waals surface area (Å²) in [7, 11) is 0. The third-order valence-electron chi connectivity index (χ3n) is 8.85. The van der Waals surface area contributed by atoms with Crippen molar-refractivity contribution in [3.05, 3.63) is 65.2 Å². The Labute approximate surface area is 258 Å². The lowest BCUT2D eigenvalue weighted by molar-refractivity contribution is -0.137. The number of hydrogen-bond donors (Lipinski definition) is 1. The van der Waals surface area contributed by atoms with Gasteiger partial charge in [0.2, 0.25) is 0 Å². The predicted molar refractivity (Wildman–Crippen MR) is 158 cm³/mol. The molecule has 11 heteroatoms. The van der Waals surface area contributed by atoms with Crippen molar-refractivity contribution in [3.8, 4) is 22.8 Å². The SMILES string of the molecule is CC(Cl)CCOc1cc(OCC2CC3(CC(/C=C/c4c(-c5ccccc5C(F)(F)F)noc4C4CC4)C3)C2)cnc1C(=O)O. The molecule has 0 amide bonds. The number of carboxylic acids is 1. The summed E-state index contributed by atoms with van der Waals surface area (Å²) in [6.07, 6.45) is 7.51. The summed E-state index contributed by atoms with van der Waals surface area (Å²) in [6, 6.07) is 7.08. The van der Waals surface area contributed by atoms with Crippen molar-refractivity contribution in [1.82, 2.24) is 10.1 Å². The van der Waals surface area contributed by atoms with Crippen LogP contribution in [0.2, 0.25) is 0 Å². The first-order valence-corrected chi connectivity index (χ1v) is 15.4. The van der Waals surface area contributed by atoms with E-state index in [1.54, 1.807) is 12.1 Å². The van der Waals surface area contributed by atoms with Crippen molar-refractivity contribution in [3.63, 3.8) is 0 Å². The number of alkyl halides is 4. The molecule has 3 aliphatic rings. The van der Waals surface area contributed by atoms with E-state index in [4.69, 9.17) is 25.6 Å². The fourth-order valence-electron chi connectivity index (χ4n) is 6.60. The zero-order valence-electron chi connectivity index (χ0n) is 24.3. The molecule has 2 aromatic heterocycles. The number of carbonyl (C=O) groups is 1. The summed E-state index contributed by atoms with van der Waals surface area (Å²) < 4.78 is 58.4. The Hall–Kier alpha value is -3.53. The highest BCUT2D eigenvalue weighted by molar-refractivity contribution is 6.20. The van der Waals surface area contributed by atoms with Gasteiger partial charge in [0.25, 0.3) is 0 Å². The highest BCUT2D eigenvalue weighted by Crippen LogP contribution is 2.61. The fraction of sp³-hybridized carbons (Fsp3) is 0.485. The molecule has 3 aromatic rings. The Kier molecular flexibility index (Phi) is 8.39. The van der Waals surface area contributed by atoms with E-state index in [0.29, 0.717) is 41.9 Å². The fourth-order valence-corrected chi connectivity index (χ4v) is 6.69. The molecule has 3 aliphatic carbocycles. The lowest BCUT2D eigenvalue weighted by Gasteiger charge is -2.57. The van der Waals surface area contributed by atoms with E-state index < -0.39 is 17.7 Å². The van der Waals surface area contributed by atoms with Crippen LogP contribution >= 0.6 is 11.6 Å². The summed E-state index contributed by atoms with van der Waals surface area (Å²) in [4.78, 5) is 15.5. The maximum Gasteiger partial charge on any atom is 0.417 e. The molecule has 1 N–H and O–H groups in total. The molecule has 6 rings (SSSR count). The van der Waals surface area contributed by atoms with Gasteiger partial charge in [0.15, 0.2) is 11.4 Å². The Morgan fingerprint density at radius 3 is 2.64 bits per heavy atom. The number of aromatic nitrogens is 2. The Morgan fingerprint density at radius 2 is 1.95 bits per heavy atom. The highest BCUT2D eigenvalue weighted by atomic mass is 35.5. The van der Waals surface area contributed by atoms with Crippen LogP contribution in [0.1, 0.15) is 85.2 Å². The second-order valence-corrected chi connectivity index (χ2v) is 13.2. The average molecular weight is 631 g/mol. The van der Waals surface area contributed by atoms with Crippen LogP contribution in [0.25, 0.3) is 17.3 Å². The van der Waals surface area contributed by atoms with Gasteiger partial charge in [-0.1, -0.05) is 35.5 Å². The third-order valence-corrected chi connectivity index (χ3v) is 9.07. The molecule has 0 radical (unpaired) electrons. The minimum absolute atomic E-state index is 0.0403. The molecule has 0 saturated heterocycles. The number of rotatable bonds is 12. The predicted octanol–water partition coefficient (Wildman–Crippen LogP) is 8.63. The maximum atomic E-state index is 13.7. The monoisotopic (exact) mass is 630 g/mol. The van der Waals surface area contributed by atoms with Gasteiger partial charge in [-0.25, -0.2) is 9.78 Å². The molecule has 7 nitrogen and oxygen atoms in total. The van der Waals surface area contributed by atoms with Gasteiger partial charge in [-0.05, 0) is 75.2 Å². The summed E-state index contributed by atoms with van der Waals surface area (Å²) in [5.41, 5.74) is 0.336. The number of hydrogen-bond acceptors (Lipinski definition) is 6. The Morgan fingerprint density at radius 1 is 1.20 bits per heavy atom. The van der Waals surface area contributed by atoms with Crippen LogP contribution in [0.15, 0.2) is 47.1 Å². The highest BCUT2D eigenvalue weighted by Gasteiger charge is 2.52. The summed E-state index contributed by atoms with van der Waals surface area (Å²) >= 11 is 5.96. The number of ether oxygens (including phenoxy) is 2. The molecule has 3 fully saturated rings. The molecule has 1 atom stereocenters. The molecule has 44 heavy (non-hydrogen) atoms. The van der Waals surface area contributed by atoms with Crippen LogP contribution in [0, 0.1) is 17.3 Å². The summed E-state index contributed by atoms with van der Waals surface area (Å²) in [5, 5.41) is 13.4. The first-order chi connectivity index (χ1) is 21.0.